The highest BCUT2D eigenvalue weighted by molar-refractivity contribution is 5.13. The summed E-state index contributed by atoms with van der Waals surface area (Å²) >= 11 is 0. The second-order valence-electron chi connectivity index (χ2n) is 3.51. The van der Waals surface area contributed by atoms with E-state index in [2.05, 4.69) is 10.4 Å². The molecule has 14 heavy (non-hydrogen) atoms. The molecule has 0 saturated carbocycles. The minimum absolute atomic E-state index is 0.0732. The molecular weight excluding hydrogens is 184 g/mol. The topological polar surface area (TPSA) is 73.0 Å². The summed E-state index contributed by atoms with van der Waals surface area (Å²) in [6, 6.07) is 1.43. The summed E-state index contributed by atoms with van der Waals surface area (Å²) in [6.45, 7) is 2.78. The van der Waals surface area contributed by atoms with Gasteiger partial charge in [-0.1, -0.05) is 0 Å². The van der Waals surface area contributed by atoms with Gasteiger partial charge in [-0.3, -0.25) is 0 Å². The molecule has 1 aromatic heterocycles. The summed E-state index contributed by atoms with van der Waals surface area (Å²) in [7, 11) is 0. The van der Waals surface area contributed by atoms with E-state index in [0.717, 1.165) is 26.1 Å². The lowest BCUT2D eigenvalue weighted by atomic mass is 10.1. The average molecular weight is 196 g/mol. The average Bonchev–Trinajstić information content (AvgIpc) is 2.75. The predicted octanol–water partition coefficient (Wildman–Crippen LogP) is 0.401. The Morgan fingerprint density at radius 1 is 1.79 bits per heavy atom. The molecule has 0 aromatic carbocycles. The first kappa shape index (κ1) is 9.14. The highest BCUT2D eigenvalue weighted by Gasteiger charge is 2.18. The summed E-state index contributed by atoms with van der Waals surface area (Å²) in [6.07, 6.45) is 2.78. The molecule has 2 rings (SSSR count). The van der Waals surface area contributed by atoms with Gasteiger partial charge in [-0.05, 0) is 30.4 Å². The van der Waals surface area contributed by atoms with Gasteiger partial charge in [0.15, 0.2) is 0 Å². The van der Waals surface area contributed by atoms with Crippen LogP contribution in [0.25, 0.3) is 0 Å². The van der Waals surface area contributed by atoms with Gasteiger partial charge < -0.3 is 15.4 Å². The first-order valence-corrected chi connectivity index (χ1v) is 4.64. The molecule has 1 unspecified atom stereocenters. The fourth-order valence-corrected chi connectivity index (χ4v) is 1.68. The van der Waals surface area contributed by atoms with Crippen LogP contribution in [0.2, 0.25) is 0 Å². The monoisotopic (exact) mass is 196 g/mol. The number of nitrogens with zero attached hydrogens (tertiary/aromatic N) is 3. The molecule has 0 amide bonds. The van der Waals surface area contributed by atoms with Gasteiger partial charge in [0.1, 0.15) is 0 Å². The van der Waals surface area contributed by atoms with Crippen molar-refractivity contribution in [1.29, 1.82) is 0 Å². The molecule has 2 heterocycles. The highest BCUT2D eigenvalue weighted by Crippen LogP contribution is 2.12. The molecular formula is C8H12N4O2. The van der Waals surface area contributed by atoms with E-state index >= 15 is 0 Å². The van der Waals surface area contributed by atoms with E-state index in [9.17, 15) is 10.1 Å². The van der Waals surface area contributed by atoms with Crippen LogP contribution in [0, 0.1) is 16.0 Å². The quantitative estimate of drug-likeness (QED) is 0.561. The summed E-state index contributed by atoms with van der Waals surface area (Å²) < 4.78 is 1.65. The van der Waals surface area contributed by atoms with Gasteiger partial charge in [0, 0.05) is 0 Å². The summed E-state index contributed by atoms with van der Waals surface area (Å²) in [5, 5.41) is 17.5. The van der Waals surface area contributed by atoms with Crippen molar-refractivity contribution in [2.45, 2.75) is 13.0 Å². The number of rotatable bonds is 3. The van der Waals surface area contributed by atoms with Crippen LogP contribution in [0.1, 0.15) is 6.42 Å². The van der Waals surface area contributed by atoms with E-state index in [-0.39, 0.29) is 5.82 Å². The van der Waals surface area contributed by atoms with Crippen LogP contribution < -0.4 is 5.32 Å². The number of aromatic nitrogens is 2. The van der Waals surface area contributed by atoms with E-state index in [0.29, 0.717) is 5.92 Å². The lowest BCUT2D eigenvalue weighted by Crippen LogP contribution is -2.14. The third-order valence-electron chi connectivity index (χ3n) is 2.42. The van der Waals surface area contributed by atoms with Gasteiger partial charge in [0.05, 0.1) is 23.9 Å². The second kappa shape index (κ2) is 3.75. The molecule has 1 aliphatic heterocycles. The van der Waals surface area contributed by atoms with Crippen molar-refractivity contribution >= 4 is 5.82 Å². The van der Waals surface area contributed by atoms with Crippen LogP contribution in [0.15, 0.2) is 12.3 Å². The predicted molar refractivity (Wildman–Crippen MR) is 49.9 cm³/mol. The molecule has 0 spiro atoms. The minimum atomic E-state index is -0.469. The summed E-state index contributed by atoms with van der Waals surface area (Å²) in [4.78, 5) is 9.90. The van der Waals surface area contributed by atoms with Crippen molar-refractivity contribution in [1.82, 2.24) is 15.1 Å². The molecule has 1 aromatic rings. The lowest BCUT2D eigenvalue weighted by Gasteiger charge is -2.03. The smallest absolute Gasteiger partial charge is 0.358 e. The third kappa shape index (κ3) is 1.90. The normalized spacial score (nSPS) is 21.3. The van der Waals surface area contributed by atoms with Crippen LogP contribution >= 0.6 is 0 Å². The number of hydrogen-bond acceptors (Lipinski definition) is 4. The Hall–Kier alpha value is -1.43. The maximum atomic E-state index is 10.4. The zero-order valence-electron chi connectivity index (χ0n) is 7.72. The van der Waals surface area contributed by atoms with Crippen molar-refractivity contribution in [2.75, 3.05) is 13.1 Å². The van der Waals surface area contributed by atoms with Crippen molar-refractivity contribution in [3.05, 3.63) is 22.4 Å². The molecule has 1 N–H and O–H groups in total. The maximum absolute atomic E-state index is 10.4. The Morgan fingerprint density at radius 3 is 3.21 bits per heavy atom. The van der Waals surface area contributed by atoms with Gasteiger partial charge in [-0.15, -0.1) is 0 Å². The highest BCUT2D eigenvalue weighted by atomic mass is 16.6. The Morgan fingerprint density at radius 2 is 2.64 bits per heavy atom. The summed E-state index contributed by atoms with van der Waals surface area (Å²) in [5.41, 5.74) is 0. The van der Waals surface area contributed by atoms with Crippen molar-refractivity contribution < 1.29 is 4.92 Å². The van der Waals surface area contributed by atoms with Gasteiger partial charge >= 0.3 is 5.82 Å². The molecule has 1 saturated heterocycles. The molecule has 76 valence electrons. The standard InChI is InChI=1S/C8H12N4O2/c13-12(14)8-2-4-11(10-8)6-7-1-3-9-5-7/h2,4,7,9H,1,3,5-6H2. The maximum Gasteiger partial charge on any atom is 0.389 e. The molecule has 0 radical (unpaired) electrons. The van der Waals surface area contributed by atoms with Crippen LogP contribution in [0.5, 0.6) is 0 Å². The van der Waals surface area contributed by atoms with Crippen LogP contribution in [0.3, 0.4) is 0 Å². The van der Waals surface area contributed by atoms with E-state index in [4.69, 9.17) is 0 Å². The van der Waals surface area contributed by atoms with E-state index in [1.807, 2.05) is 0 Å². The van der Waals surface area contributed by atoms with Crippen molar-refractivity contribution in [3.63, 3.8) is 0 Å². The molecule has 0 bridgehead atoms. The van der Waals surface area contributed by atoms with Crippen LogP contribution in [-0.2, 0) is 6.54 Å². The van der Waals surface area contributed by atoms with E-state index in [1.54, 1.807) is 10.9 Å². The zero-order valence-corrected chi connectivity index (χ0v) is 7.72. The van der Waals surface area contributed by atoms with E-state index in [1.165, 1.54) is 6.07 Å². The van der Waals surface area contributed by atoms with Gasteiger partial charge in [-0.2, -0.15) is 4.68 Å². The number of nitro groups is 1. The molecule has 1 atom stereocenters. The minimum Gasteiger partial charge on any atom is -0.358 e. The Labute approximate surface area is 81.1 Å². The Kier molecular flexibility index (Phi) is 2.45. The largest absolute Gasteiger partial charge is 0.389 e. The number of hydrogen-bond donors (Lipinski definition) is 1. The molecule has 1 fully saturated rings. The fourth-order valence-electron chi connectivity index (χ4n) is 1.68. The Bertz CT molecular complexity index is 330. The molecule has 6 heteroatoms. The van der Waals surface area contributed by atoms with Crippen molar-refractivity contribution in [3.8, 4) is 0 Å². The molecule has 1 aliphatic rings. The SMILES string of the molecule is O=[N+]([O-])c1ccn(CC2CCNC2)n1. The van der Waals surface area contributed by atoms with Gasteiger partial charge in [-0.25, -0.2) is 0 Å². The van der Waals surface area contributed by atoms with Gasteiger partial charge in [0.2, 0.25) is 0 Å². The first-order valence-electron chi connectivity index (χ1n) is 4.64. The second-order valence-corrected chi connectivity index (χ2v) is 3.51. The molecule has 6 nitrogen and oxygen atoms in total. The number of nitrogens with one attached hydrogen (secondary N) is 1. The first-order chi connectivity index (χ1) is 6.75. The fraction of sp³-hybridized carbons (Fsp3) is 0.625. The van der Waals surface area contributed by atoms with Crippen LogP contribution in [0.4, 0.5) is 5.82 Å². The van der Waals surface area contributed by atoms with Gasteiger partial charge in [0.25, 0.3) is 0 Å². The van der Waals surface area contributed by atoms with Crippen molar-refractivity contribution in [2.24, 2.45) is 5.92 Å². The lowest BCUT2D eigenvalue weighted by molar-refractivity contribution is -0.389. The van der Waals surface area contributed by atoms with E-state index < -0.39 is 4.92 Å². The third-order valence-corrected chi connectivity index (χ3v) is 2.42. The molecule has 0 aliphatic carbocycles. The Balaban J connectivity index is 1.98. The zero-order chi connectivity index (χ0) is 9.97. The summed E-state index contributed by atoms with van der Waals surface area (Å²) in [5.74, 6) is 0.477. The van der Waals surface area contributed by atoms with Crippen LogP contribution in [-0.4, -0.2) is 27.8 Å².